The van der Waals surface area contributed by atoms with E-state index in [-0.39, 0.29) is 5.82 Å². The molecule has 0 heterocycles. The molecule has 0 radical (unpaired) electrons. The van der Waals surface area contributed by atoms with E-state index in [1.165, 1.54) is 28.7 Å². The van der Waals surface area contributed by atoms with E-state index in [2.05, 4.69) is 43.9 Å². The topological polar surface area (TPSA) is 3.24 Å². The Hall–Kier alpha value is -1.67. The van der Waals surface area contributed by atoms with Crippen molar-refractivity contribution in [2.24, 2.45) is 0 Å². The molecule has 0 saturated heterocycles. The van der Waals surface area contributed by atoms with Gasteiger partial charge < -0.3 is 4.90 Å². The lowest BCUT2D eigenvalue weighted by molar-refractivity contribution is 0.274. The predicted octanol–water partition coefficient (Wildman–Crippen LogP) is 5.33. The van der Waals surface area contributed by atoms with Crippen LogP contribution in [0.15, 0.2) is 42.5 Å². The summed E-state index contributed by atoms with van der Waals surface area (Å²) in [5.74, 6) is -0.153. The van der Waals surface area contributed by atoms with Gasteiger partial charge in [-0.2, -0.15) is 0 Å². The molecule has 2 aromatic rings. The number of hydrogen-bond acceptors (Lipinski definition) is 1. The number of benzene rings is 2. The Balaban J connectivity index is 1.80. The fraction of sp³-hybridized carbons (Fsp3) is 0.455. The summed E-state index contributed by atoms with van der Waals surface area (Å²) in [5.41, 5.74) is 5.40. The van der Waals surface area contributed by atoms with Crippen LogP contribution in [0.1, 0.15) is 42.0 Å². The quantitative estimate of drug-likeness (QED) is 0.602. The standard InChI is InChI=1S/C22H30FN/c1-4-14-24(15-5-6-20-9-11-22(23)12-10-20)16-13-21-8-7-18(2)19(3)17-21/h7-12,17H,4-6,13-16H2,1-3H3. The van der Waals surface area contributed by atoms with E-state index in [9.17, 15) is 4.39 Å². The van der Waals surface area contributed by atoms with Crippen LogP contribution in [-0.2, 0) is 12.8 Å². The highest BCUT2D eigenvalue weighted by molar-refractivity contribution is 5.30. The van der Waals surface area contributed by atoms with Crippen molar-refractivity contribution in [2.75, 3.05) is 19.6 Å². The maximum Gasteiger partial charge on any atom is 0.123 e. The predicted molar refractivity (Wildman–Crippen MR) is 101 cm³/mol. The second-order valence-corrected chi connectivity index (χ2v) is 6.74. The average molecular weight is 327 g/mol. The van der Waals surface area contributed by atoms with Gasteiger partial charge in [0.25, 0.3) is 0 Å². The fourth-order valence-electron chi connectivity index (χ4n) is 3.06. The summed E-state index contributed by atoms with van der Waals surface area (Å²) in [7, 11) is 0. The third-order valence-corrected chi connectivity index (χ3v) is 4.68. The number of halogens is 1. The van der Waals surface area contributed by atoms with Gasteiger partial charge in [-0.05, 0) is 87.0 Å². The minimum absolute atomic E-state index is 0.153. The van der Waals surface area contributed by atoms with Crippen molar-refractivity contribution >= 4 is 0 Å². The van der Waals surface area contributed by atoms with E-state index in [0.29, 0.717) is 0 Å². The zero-order valence-electron chi connectivity index (χ0n) is 15.3. The van der Waals surface area contributed by atoms with E-state index < -0.39 is 0 Å². The molecule has 0 bridgehead atoms. The lowest BCUT2D eigenvalue weighted by atomic mass is 10.0. The molecule has 0 aliphatic rings. The van der Waals surface area contributed by atoms with Crippen LogP contribution in [-0.4, -0.2) is 24.5 Å². The molecule has 130 valence electrons. The van der Waals surface area contributed by atoms with E-state index in [4.69, 9.17) is 0 Å². The normalized spacial score (nSPS) is 11.2. The Labute approximate surface area is 146 Å². The Bertz CT molecular complexity index is 618. The average Bonchev–Trinajstić information content (AvgIpc) is 2.57. The number of hydrogen-bond donors (Lipinski definition) is 0. The minimum Gasteiger partial charge on any atom is -0.303 e. The van der Waals surface area contributed by atoms with Crippen LogP contribution in [0, 0.1) is 19.7 Å². The SMILES string of the molecule is CCCN(CCCc1ccc(F)cc1)CCc1ccc(C)c(C)c1. The first-order valence-electron chi connectivity index (χ1n) is 9.11. The van der Waals surface area contributed by atoms with E-state index in [1.807, 2.05) is 12.1 Å². The highest BCUT2D eigenvalue weighted by Crippen LogP contribution is 2.12. The zero-order chi connectivity index (χ0) is 17.4. The highest BCUT2D eigenvalue weighted by Gasteiger charge is 2.05. The Kier molecular flexibility index (Phi) is 7.45. The first kappa shape index (κ1) is 18.7. The minimum atomic E-state index is -0.153. The molecule has 2 aromatic carbocycles. The first-order valence-corrected chi connectivity index (χ1v) is 9.11. The summed E-state index contributed by atoms with van der Waals surface area (Å²) in [6.45, 7) is 9.95. The van der Waals surface area contributed by atoms with Gasteiger partial charge in [0, 0.05) is 6.54 Å². The second kappa shape index (κ2) is 9.58. The number of nitrogens with zero attached hydrogens (tertiary/aromatic N) is 1. The third kappa shape index (κ3) is 6.09. The van der Waals surface area contributed by atoms with Crippen LogP contribution < -0.4 is 0 Å². The Morgan fingerprint density at radius 3 is 2.17 bits per heavy atom. The summed E-state index contributed by atoms with van der Waals surface area (Å²) in [6, 6.07) is 13.7. The molecule has 0 atom stereocenters. The van der Waals surface area contributed by atoms with Crippen LogP contribution in [0.5, 0.6) is 0 Å². The van der Waals surface area contributed by atoms with Gasteiger partial charge in [0.1, 0.15) is 5.82 Å². The molecule has 1 nitrogen and oxygen atoms in total. The van der Waals surface area contributed by atoms with Gasteiger partial charge in [0.2, 0.25) is 0 Å². The van der Waals surface area contributed by atoms with Crippen LogP contribution >= 0.6 is 0 Å². The molecular weight excluding hydrogens is 297 g/mol. The molecule has 0 amide bonds. The van der Waals surface area contributed by atoms with E-state index >= 15 is 0 Å². The molecule has 0 unspecified atom stereocenters. The van der Waals surface area contributed by atoms with E-state index in [0.717, 1.165) is 38.9 Å². The third-order valence-electron chi connectivity index (χ3n) is 4.68. The maximum absolute atomic E-state index is 12.9. The summed E-state index contributed by atoms with van der Waals surface area (Å²) in [4.78, 5) is 2.55. The van der Waals surface area contributed by atoms with E-state index in [1.54, 1.807) is 12.1 Å². The molecule has 0 aliphatic heterocycles. The number of rotatable bonds is 9. The van der Waals surface area contributed by atoms with Crippen LogP contribution in [0.2, 0.25) is 0 Å². The highest BCUT2D eigenvalue weighted by atomic mass is 19.1. The molecule has 24 heavy (non-hydrogen) atoms. The van der Waals surface area contributed by atoms with Gasteiger partial charge in [-0.25, -0.2) is 4.39 Å². The van der Waals surface area contributed by atoms with Crippen molar-refractivity contribution in [3.63, 3.8) is 0 Å². The van der Waals surface area contributed by atoms with Crippen molar-refractivity contribution in [3.8, 4) is 0 Å². The van der Waals surface area contributed by atoms with Crippen LogP contribution in [0.4, 0.5) is 4.39 Å². The molecule has 2 rings (SSSR count). The molecule has 0 spiro atoms. The largest absolute Gasteiger partial charge is 0.303 e. The Morgan fingerprint density at radius 2 is 1.50 bits per heavy atom. The van der Waals surface area contributed by atoms with Crippen LogP contribution in [0.3, 0.4) is 0 Å². The van der Waals surface area contributed by atoms with Crippen molar-refractivity contribution in [2.45, 2.75) is 46.5 Å². The summed E-state index contributed by atoms with van der Waals surface area (Å²) >= 11 is 0. The lowest BCUT2D eigenvalue weighted by Gasteiger charge is -2.22. The summed E-state index contributed by atoms with van der Waals surface area (Å²) < 4.78 is 12.9. The maximum atomic E-state index is 12.9. The summed E-state index contributed by atoms with van der Waals surface area (Å²) in [6.07, 6.45) is 4.43. The summed E-state index contributed by atoms with van der Waals surface area (Å²) in [5, 5.41) is 0. The van der Waals surface area contributed by atoms with Crippen molar-refractivity contribution in [3.05, 3.63) is 70.5 Å². The number of aryl methyl sites for hydroxylation is 3. The van der Waals surface area contributed by atoms with Crippen LogP contribution in [0.25, 0.3) is 0 Å². The molecule has 0 aliphatic carbocycles. The van der Waals surface area contributed by atoms with Gasteiger partial charge in [-0.1, -0.05) is 37.3 Å². The lowest BCUT2D eigenvalue weighted by Crippen LogP contribution is -2.28. The second-order valence-electron chi connectivity index (χ2n) is 6.74. The molecular formula is C22H30FN. The molecule has 0 fully saturated rings. The van der Waals surface area contributed by atoms with Crippen molar-refractivity contribution in [1.29, 1.82) is 0 Å². The first-order chi connectivity index (χ1) is 11.6. The fourth-order valence-corrected chi connectivity index (χ4v) is 3.06. The van der Waals surface area contributed by atoms with Gasteiger partial charge in [0.15, 0.2) is 0 Å². The van der Waals surface area contributed by atoms with Gasteiger partial charge >= 0.3 is 0 Å². The molecule has 2 heteroatoms. The van der Waals surface area contributed by atoms with Gasteiger partial charge in [0.05, 0.1) is 0 Å². The molecule has 0 saturated carbocycles. The van der Waals surface area contributed by atoms with Gasteiger partial charge in [-0.3, -0.25) is 0 Å². The Morgan fingerprint density at radius 1 is 0.792 bits per heavy atom. The van der Waals surface area contributed by atoms with Crippen molar-refractivity contribution < 1.29 is 4.39 Å². The smallest absolute Gasteiger partial charge is 0.123 e. The molecule has 0 aromatic heterocycles. The monoisotopic (exact) mass is 327 g/mol. The van der Waals surface area contributed by atoms with Gasteiger partial charge in [-0.15, -0.1) is 0 Å². The zero-order valence-corrected chi connectivity index (χ0v) is 15.3. The van der Waals surface area contributed by atoms with Crippen molar-refractivity contribution in [1.82, 2.24) is 4.90 Å². The molecule has 0 N–H and O–H groups in total.